The lowest BCUT2D eigenvalue weighted by molar-refractivity contribution is 0.171. The Morgan fingerprint density at radius 3 is 2.57 bits per heavy atom. The number of methoxy groups -OCH3 is 2. The molecule has 0 bridgehead atoms. The summed E-state index contributed by atoms with van der Waals surface area (Å²) in [6, 6.07) is 8.34. The first kappa shape index (κ1) is 18.1. The van der Waals surface area contributed by atoms with Gasteiger partial charge in [-0.15, -0.1) is 0 Å². The van der Waals surface area contributed by atoms with E-state index < -0.39 is 11.4 Å². The van der Waals surface area contributed by atoms with Crippen molar-refractivity contribution in [3.8, 4) is 51.2 Å². The Morgan fingerprint density at radius 2 is 1.82 bits per heavy atom. The monoisotopic (exact) mass is 404 g/mol. The lowest BCUT2D eigenvalue weighted by atomic mass is 10.0. The van der Waals surface area contributed by atoms with Gasteiger partial charge in [-0.3, -0.25) is 0 Å². The van der Waals surface area contributed by atoms with Crippen molar-refractivity contribution < 1.29 is 36.4 Å². The molecule has 0 amide bonds. The number of ether oxygens (including phenoxy) is 4. The zero-order chi connectivity index (χ0) is 19.7. The molecule has 0 fully saturated rings. The molecule has 1 aromatic heterocycles. The third-order valence-corrected chi connectivity index (χ3v) is 4.44. The summed E-state index contributed by atoms with van der Waals surface area (Å²) in [5.74, 6) is 2.30. The van der Waals surface area contributed by atoms with Gasteiger partial charge in [0.05, 0.1) is 20.4 Å². The van der Waals surface area contributed by atoms with E-state index in [4.69, 9.17) is 27.7 Å². The van der Waals surface area contributed by atoms with E-state index in [1.54, 1.807) is 24.3 Å². The maximum absolute atomic E-state index is 11.0. The fraction of sp³-hybridized carbons (Fsp3) is 0.167. The average Bonchev–Trinajstić information content (AvgIpc) is 3.35. The van der Waals surface area contributed by atoms with Gasteiger partial charge in [-0.25, -0.2) is 4.21 Å². The van der Waals surface area contributed by atoms with Gasteiger partial charge in [0, 0.05) is 11.1 Å². The first-order valence-electron chi connectivity index (χ1n) is 7.99. The van der Waals surface area contributed by atoms with Crippen LogP contribution in [0.4, 0.5) is 0 Å². The highest BCUT2D eigenvalue weighted by molar-refractivity contribution is 7.74. The van der Waals surface area contributed by atoms with Crippen molar-refractivity contribution in [1.29, 1.82) is 0 Å². The van der Waals surface area contributed by atoms with Crippen LogP contribution in [-0.4, -0.2) is 34.9 Å². The minimum Gasteiger partial charge on any atom is -0.740 e. The molecule has 3 aromatic rings. The third-order valence-electron chi connectivity index (χ3n) is 4.12. The normalized spacial score (nSPS) is 13.2. The van der Waals surface area contributed by atoms with Crippen molar-refractivity contribution in [3.05, 3.63) is 36.5 Å². The second-order valence-electron chi connectivity index (χ2n) is 5.63. The predicted molar refractivity (Wildman–Crippen MR) is 96.1 cm³/mol. The molecule has 4 rings (SSSR count). The van der Waals surface area contributed by atoms with Crippen LogP contribution in [0.1, 0.15) is 0 Å². The van der Waals surface area contributed by atoms with Gasteiger partial charge in [0.15, 0.2) is 28.8 Å². The quantitative estimate of drug-likeness (QED) is 0.572. The molecule has 0 spiro atoms. The van der Waals surface area contributed by atoms with E-state index in [1.807, 2.05) is 0 Å². The predicted octanol–water partition coefficient (Wildman–Crippen LogP) is 2.93. The maximum atomic E-state index is 11.0. The molecule has 2 aromatic carbocycles. The average molecular weight is 404 g/mol. The molecule has 0 aliphatic carbocycles. The van der Waals surface area contributed by atoms with E-state index in [2.05, 4.69) is 5.16 Å². The molecule has 1 aliphatic heterocycles. The van der Waals surface area contributed by atoms with Gasteiger partial charge in [-0.05, 0) is 29.8 Å². The van der Waals surface area contributed by atoms with Gasteiger partial charge in [-0.1, -0.05) is 11.2 Å². The molecule has 9 nitrogen and oxygen atoms in total. The van der Waals surface area contributed by atoms with Crippen LogP contribution in [0.15, 0.2) is 41.1 Å². The van der Waals surface area contributed by atoms with Crippen LogP contribution < -0.4 is 23.1 Å². The number of nitrogens with zero attached hydrogens (tertiary/aromatic N) is 1. The minimum atomic E-state index is -2.75. The molecule has 0 N–H and O–H groups in total. The van der Waals surface area contributed by atoms with Crippen molar-refractivity contribution >= 4 is 11.4 Å². The third kappa shape index (κ3) is 3.23. The van der Waals surface area contributed by atoms with Crippen LogP contribution >= 0.6 is 0 Å². The summed E-state index contributed by atoms with van der Waals surface area (Å²) in [5, 5.41) is 3.88. The zero-order valence-electron chi connectivity index (χ0n) is 14.8. The molecule has 0 saturated heterocycles. The Morgan fingerprint density at radius 1 is 1.04 bits per heavy atom. The minimum absolute atomic E-state index is 0.0451. The van der Waals surface area contributed by atoms with E-state index in [-0.39, 0.29) is 18.3 Å². The Hall–Kier alpha value is -3.24. The molecule has 2 heterocycles. The highest BCUT2D eigenvalue weighted by Gasteiger charge is 2.23. The Kier molecular flexibility index (Phi) is 4.80. The summed E-state index contributed by atoms with van der Waals surface area (Å²) in [6.45, 7) is 0.101. The Balaban J connectivity index is 1.80. The SMILES string of the molecule is COc1ccc(-c2cnoc2-c2cc(OC)c3c(c2)OCO3)cc1OS(=O)[O-]. The van der Waals surface area contributed by atoms with Crippen molar-refractivity contribution in [3.63, 3.8) is 0 Å². The van der Waals surface area contributed by atoms with E-state index in [1.165, 1.54) is 26.5 Å². The number of rotatable bonds is 6. The smallest absolute Gasteiger partial charge is 0.231 e. The van der Waals surface area contributed by atoms with E-state index >= 15 is 0 Å². The summed E-state index contributed by atoms with van der Waals surface area (Å²) in [5.41, 5.74) is 1.89. The van der Waals surface area contributed by atoms with Crippen molar-refractivity contribution in [1.82, 2.24) is 5.16 Å². The molecule has 1 unspecified atom stereocenters. The molecule has 1 atom stereocenters. The van der Waals surface area contributed by atoms with Crippen molar-refractivity contribution in [2.45, 2.75) is 0 Å². The van der Waals surface area contributed by atoms with Crippen LogP contribution in [0.2, 0.25) is 0 Å². The summed E-state index contributed by atoms with van der Waals surface area (Å²) in [7, 11) is 2.94. The van der Waals surface area contributed by atoms with Crippen LogP contribution in [-0.2, 0) is 11.4 Å². The fourth-order valence-corrected chi connectivity index (χ4v) is 3.17. The largest absolute Gasteiger partial charge is 0.740 e. The molecule has 28 heavy (non-hydrogen) atoms. The number of benzene rings is 2. The topological polar surface area (TPSA) is 112 Å². The molecule has 10 heteroatoms. The molecular formula is C18H14NO8S-. The van der Waals surface area contributed by atoms with Gasteiger partial charge in [-0.2, -0.15) is 0 Å². The van der Waals surface area contributed by atoms with Crippen molar-refractivity contribution in [2.24, 2.45) is 0 Å². The number of hydrogen-bond acceptors (Lipinski definition) is 9. The molecule has 0 radical (unpaired) electrons. The van der Waals surface area contributed by atoms with Gasteiger partial charge < -0.3 is 32.2 Å². The maximum Gasteiger partial charge on any atom is 0.231 e. The van der Waals surface area contributed by atoms with Crippen LogP contribution in [0.25, 0.3) is 22.5 Å². The van der Waals surface area contributed by atoms with Crippen LogP contribution in [0.5, 0.6) is 28.7 Å². The molecule has 146 valence electrons. The van der Waals surface area contributed by atoms with Gasteiger partial charge >= 0.3 is 0 Å². The number of hydrogen-bond donors (Lipinski definition) is 0. The van der Waals surface area contributed by atoms with Crippen LogP contribution in [0, 0.1) is 0 Å². The standard InChI is InChI=1S/C18H15NO8S/c1-22-13-4-3-10(5-14(13)27-28(20)21)12-8-19-26-17(12)11-6-15(23-2)18-16(7-11)24-9-25-18/h3-8H,9H2,1-2H3,(H,20,21)/p-1. The number of aromatic nitrogens is 1. The Bertz CT molecular complexity index is 1050. The molecule has 1 aliphatic rings. The molecular weight excluding hydrogens is 390 g/mol. The highest BCUT2D eigenvalue weighted by Crippen LogP contribution is 2.46. The zero-order valence-corrected chi connectivity index (χ0v) is 15.6. The van der Waals surface area contributed by atoms with Crippen molar-refractivity contribution in [2.75, 3.05) is 21.0 Å². The number of fused-ring (bicyclic) bond motifs is 1. The summed E-state index contributed by atoms with van der Waals surface area (Å²) >= 11 is -2.75. The van der Waals surface area contributed by atoms with Gasteiger partial charge in [0.2, 0.25) is 12.5 Å². The fourth-order valence-electron chi connectivity index (χ4n) is 2.90. The summed E-state index contributed by atoms with van der Waals surface area (Å²) in [4.78, 5) is 0. The van der Waals surface area contributed by atoms with Gasteiger partial charge in [0.25, 0.3) is 0 Å². The second kappa shape index (κ2) is 7.41. The highest BCUT2D eigenvalue weighted by atomic mass is 32.2. The first-order valence-corrected chi connectivity index (χ1v) is 8.99. The summed E-state index contributed by atoms with van der Waals surface area (Å²) in [6.07, 6.45) is 1.52. The lowest BCUT2D eigenvalue weighted by Gasteiger charge is -2.13. The van der Waals surface area contributed by atoms with Crippen LogP contribution in [0.3, 0.4) is 0 Å². The summed E-state index contributed by atoms with van der Waals surface area (Å²) < 4.78 is 53.5. The second-order valence-corrected chi connectivity index (χ2v) is 6.21. The Labute approximate surface area is 162 Å². The van der Waals surface area contributed by atoms with E-state index in [0.717, 1.165) is 0 Å². The first-order chi connectivity index (χ1) is 13.6. The lowest BCUT2D eigenvalue weighted by Crippen LogP contribution is -2.00. The van der Waals surface area contributed by atoms with Gasteiger partial charge in [0.1, 0.15) is 11.4 Å². The van der Waals surface area contributed by atoms with E-state index in [9.17, 15) is 8.76 Å². The van der Waals surface area contributed by atoms with E-state index in [0.29, 0.717) is 39.7 Å². The molecule has 0 saturated carbocycles.